The number of nitrogens with zero attached hydrogens (tertiary/aromatic N) is 4. The van der Waals surface area contributed by atoms with Crippen molar-refractivity contribution in [2.75, 3.05) is 50.4 Å². The fourth-order valence-electron chi connectivity index (χ4n) is 4.02. The first-order chi connectivity index (χ1) is 13.3. The second-order valence-corrected chi connectivity index (χ2v) is 10.7. The zero-order chi connectivity index (χ0) is 19.9. The van der Waals surface area contributed by atoms with Gasteiger partial charge in [-0.2, -0.15) is 0 Å². The van der Waals surface area contributed by atoms with Gasteiger partial charge in [-0.25, -0.2) is 17.7 Å². The van der Waals surface area contributed by atoms with E-state index in [1.165, 1.54) is 20.8 Å². The Hall–Kier alpha value is -1.71. The average Bonchev–Trinajstić information content (AvgIpc) is 3.13. The van der Waals surface area contributed by atoms with Crippen molar-refractivity contribution in [3.63, 3.8) is 0 Å². The van der Waals surface area contributed by atoms with Crippen molar-refractivity contribution < 1.29 is 13.2 Å². The van der Waals surface area contributed by atoms with E-state index in [2.05, 4.69) is 30.0 Å². The number of hydrogen-bond donors (Lipinski definition) is 0. The first-order valence-electron chi connectivity index (χ1n) is 9.68. The number of para-hydroxylation sites is 1. The van der Waals surface area contributed by atoms with E-state index in [4.69, 9.17) is 4.98 Å². The van der Waals surface area contributed by atoms with Crippen molar-refractivity contribution in [1.82, 2.24) is 14.2 Å². The zero-order valence-corrected chi connectivity index (χ0v) is 17.9. The highest BCUT2D eigenvalue weighted by Gasteiger charge is 2.33. The lowest BCUT2D eigenvalue weighted by molar-refractivity contribution is -0.137. The van der Waals surface area contributed by atoms with E-state index in [9.17, 15) is 13.2 Å². The molecule has 3 heterocycles. The predicted molar refractivity (Wildman–Crippen MR) is 112 cm³/mol. The highest BCUT2D eigenvalue weighted by molar-refractivity contribution is 7.88. The van der Waals surface area contributed by atoms with E-state index in [1.807, 2.05) is 4.90 Å². The highest BCUT2D eigenvalue weighted by atomic mass is 32.2. The first kappa shape index (κ1) is 19.6. The molecule has 9 heteroatoms. The molecule has 7 nitrogen and oxygen atoms in total. The number of sulfonamides is 1. The zero-order valence-electron chi connectivity index (χ0n) is 16.3. The maximum absolute atomic E-state index is 12.9. The van der Waals surface area contributed by atoms with Gasteiger partial charge in [0.2, 0.25) is 15.9 Å². The average molecular weight is 423 g/mol. The number of thiazole rings is 1. The van der Waals surface area contributed by atoms with Crippen LogP contribution in [0.5, 0.6) is 0 Å². The summed E-state index contributed by atoms with van der Waals surface area (Å²) in [5, 5.41) is 1.03. The van der Waals surface area contributed by atoms with Gasteiger partial charge < -0.3 is 9.80 Å². The van der Waals surface area contributed by atoms with Crippen LogP contribution in [0.25, 0.3) is 10.2 Å². The van der Waals surface area contributed by atoms with Crippen LogP contribution in [-0.4, -0.2) is 74.0 Å². The molecule has 1 aromatic heterocycles. The van der Waals surface area contributed by atoms with Gasteiger partial charge in [0, 0.05) is 45.2 Å². The number of piperazine rings is 1. The van der Waals surface area contributed by atoms with Crippen molar-refractivity contribution in [2.24, 2.45) is 5.92 Å². The molecule has 2 aliphatic rings. The minimum atomic E-state index is -3.16. The molecule has 2 fully saturated rings. The highest BCUT2D eigenvalue weighted by Crippen LogP contribution is 2.31. The van der Waals surface area contributed by atoms with Crippen LogP contribution in [0.15, 0.2) is 18.2 Å². The molecular formula is C19H26N4O3S2. The summed E-state index contributed by atoms with van der Waals surface area (Å²) in [4.78, 5) is 21.9. The molecule has 0 saturated carbocycles. The number of hydrogen-bond acceptors (Lipinski definition) is 6. The Bertz CT molecular complexity index is 972. The Balaban J connectivity index is 1.35. The van der Waals surface area contributed by atoms with Gasteiger partial charge in [0.05, 0.1) is 16.5 Å². The van der Waals surface area contributed by atoms with E-state index in [0.29, 0.717) is 39.0 Å². The molecule has 0 spiro atoms. The van der Waals surface area contributed by atoms with Crippen LogP contribution in [0.3, 0.4) is 0 Å². The summed E-state index contributed by atoms with van der Waals surface area (Å²) in [5.74, 6) is 0.114. The molecule has 28 heavy (non-hydrogen) atoms. The van der Waals surface area contributed by atoms with Crippen molar-refractivity contribution in [3.8, 4) is 0 Å². The van der Waals surface area contributed by atoms with E-state index >= 15 is 0 Å². The van der Waals surface area contributed by atoms with Gasteiger partial charge in [0.15, 0.2) is 5.13 Å². The molecule has 2 saturated heterocycles. The smallest absolute Gasteiger partial charge is 0.225 e. The summed E-state index contributed by atoms with van der Waals surface area (Å²) < 4.78 is 26.0. The molecular weight excluding hydrogens is 396 g/mol. The van der Waals surface area contributed by atoms with Crippen LogP contribution < -0.4 is 4.90 Å². The Morgan fingerprint density at radius 2 is 1.79 bits per heavy atom. The maximum atomic E-state index is 12.9. The monoisotopic (exact) mass is 422 g/mol. The summed E-state index contributed by atoms with van der Waals surface area (Å²) >= 11 is 1.71. The van der Waals surface area contributed by atoms with Crippen LogP contribution in [0.4, 0.5) is 5.13 Å². The molecule has 4 rings (SSSR count). The van der Waals surface area contributed by atoms with E-state index < -0.39 is 10.0 Å². The summed E-state index contributed by atoms with van der Waals surface area (Å²) in [5.41, 5.74) is 2.26. The van der Waals surface area contributed by atoms with Gasteiger partial charge in [-0.1, -0.05) is 23.5 Å². The third-order valence-electron chi connectivity index (χ3n) is 5.74. The SMILES string of the molecule is Cc1cccc2sc(N3CCN(C(=O)C4CCN(S(C)(=O)=O)CC4)CC3)nc12. The minimum Gasteiger partial charge on any atom is -0.345 e. The number of carbonyl (C=O) groups is 1. The molecule has 0 aliphatic carbocycles. The molecule has 2 aromatic rings. The first-order valence-corrected chi connectivity index (χ1v) is 12.3. The van der Waals surface area contributed by atoms with E-state index in [-0.39, 0.29) is 11.8 Å². The fourth-order valence-corrected chi connectivity index (χ4v) is 5.99. The normalized spacial score (nSPS) is 20.1. The number of amides is 1. The third kappa shape index (κ3) is 3.88. The van der Waals surface area contributed by atoms with Gasteiger partial charge in [-0.3, -0.25) is 4.79 Å². The quantitative estimate of drug-likeness (QED) is 0.756. The number of piperidine rings is 1. The number of carbonyl (C=O) groups excluding carboxylic acids is 1. The number of anilines is 1. The summed E-state index contributed by atoms with van der Waals surface area (Å²) in [6, 6.07) is 6.25. The molecule has 2 aliphatic heterocycles. The van der Waals surface area contributed by atoms with Crippen LogP contribution in [0, 0.1) is 12.8 Å². The molecule has 0 radical (unpaired) electrons. The Morgan fingerprint density at radius 1 is 1.11 bits per heavy atom. The molecule has 1 amide bonds. The van der Waals surface area contributed by atoms with Gasteiger partial charge in [-0.05, 0) is 31.4 Å². The van der Waals surface area contributed by atoms with Crippen molar-refractivity contribution in [3.05, 3.63) is 23.8 Å². The second kappa shape index (κ2) is 7.61. The summed E-state index contributed by atoms with van der Waals surface area (Å²) in [7, 11) is -3.16. The van der Waals surface area contributed by atoms with Gasteiger partial charge in [0.1, 0.15) is 0 Å². The molecule has 0 bridgehead atoms. The van der Waals surface area contributed by atoms with Crippen molar-refractivity contribution in [1.29, 1.82) is 0 Å². The van der Waals surface area contributed by atoms with Gasteiger partial charge >= 0.3 is 0 Å². The van der Waals surface area contributed by atoms with Crippen LogP contribution in [0.1, 0.15) is 18.4 Å². The van der Waals surface area contributed by atoms with Crippen LogP contribution >= 0.6 is 11.3 Å². The predicted octanol–water partition coefficient (Wildman–Crippen LogP) is 1.92. The summed E-state index contributed by atoms with van der Waals surface area (Å²) in [6.45, 7) is 5.93. The molecule has 152 valence electrons. The number of aromatic nitrogens is 1. The lowest BCUT2D eigenvalue weighted by Gasteiger charge is -2.38. The number of aryl methyl sites for hydroxylation is 1. The topological polar surface area (TPSA) is 73.8 Å². The standard InChI is InChI=1S/C19H26N4O3S2/c1-14-4-3-5-16-17(14)20-19(27-16)22-12-10-21(11-13-22)18(24)15-6-8-23(9-7-15)28(2,25)26/h3-5,15H,6-13H2,1-2H3. The Morgan fingerprint density at radius 3 is 2.39 bits per heavy atom. The number of fused-ring (bicyclic) bond motifs is 1. The van der Waals surface area contributed by atoms with Gasteiger partial charge in [0.25, 0.3) is 0 Å². The lowest BCUT2D eigenvalue weighted by Crippen LogP contribution is -2.52. The van der Waals surface area contributed by atoms with Gasteiger partial charge in [-0.15, -0.1) is 0 Å². The molecule has 0 N–H and O–H groups in total. The van der Waals surface area contributed by atoms with Crippen LogP contribution in [-0.2, 0) is 14.8 Å². The lowest BCUT2D eigenvalue weighted by atomic mass is 9.96. The molecule has 0 atom stereocenters. The third-order valence-corrected chi connectivity index (χ3v) is 8.13. The Kier molecular flexibility index (Phi) is 5.32. The summed E-state index contributed by atoms with van der Waals surface area (Å²) in [6.07, 6.45) is 2.46. The number of rotatable bonds is 3. The Labute approximate surface area is 170 Å². The largest absolute Gasteiger partial charge is 0.345 e. The van der Waals surface area contributed by atoms with Crippen molar-refractivity contribution >= 4 is 42.6 Å². The van der Waals surface area contributed by atoms with E-state index in [1.54, 1.807) is 11.3 Å². The van der Waals surface area contributed by atoms with Crippen molar-refractivity contribution in [2.45, 2.75) is 19.8 Å². The van der Waals surface area contributed by atoms with E-state index in [0.717, 1.165) is 23.7 Å². The molecule has 0 unspecified atom stereocenters. The fraction of sp³-hybridized carbons (Fsp3) is 0.579. The maximum Gasteiger partial charge on any atom is 0.225 e. The number of benzene rings is 1. The van der Waals surface area contributed by atoms with Crippen LogP contribution in [0.2, 0.25) is 0 Å². The molecule has 1 aromatic carbocycles. The minimum absolute atomic E-state index is 0.0605. The second-order valence-electron chi connectivity index (χ2n) is 7.67.